The Balaban J connectivity index is 1.74. The van der Waals surface area contributed by atoms with Crippen molar-refractivity contribution in [1.82, 2.24) is 24.5 Å². The van der Waals surface area contributed by atoms with Gasteiger partial charge in [0, 0.05) is 31.5 Å². The number of aryl methyl sites for hydroxylation is 1. The highest BCUT2D eigenvalue weighted by Crippen LogP contribution is 2.19. The summed E-state index contributed by atoms with van der Waals surface area (Å²) in [5, 5.41) is 8.50. The summed E-state index contributed by atoms with van der Waals surface area (Å²) in [5.41, 5.74) is 2.71. The van der Waals surface area contributed by atoms with E-state index in [1.54, 1.807) is 17.3 Å². The zero-order valence-corrected chi connectivity index (χ0v) is 15.8. The fraction of sp³-hybridized carbons (Fsp3) is 0.278. The molecule has 0 bridgehead atoms. The van der Waals surface area contributed by atoms with Gasteiger partial charge < -0.3 is 4.90 Å². The van der Waals surface area contributed by atoms with E-state index in [0.29, 0.717) is 18.7 Å². The monoisotopic (exact) mass is 401 g/mol. The molecule has 3 aromatic rings. The first-order valence-electron chi connectivity index (χ1n) is 8.10. The van der Waals surface area contributed by atoms with Gasteiger partial charge in [-0.25, -0.2) is 0 Å². The molecule has 0 spiro atoms. The van der Waals surface area contributed by atoms with Crippen LogP contribution in [0.2, 0.25) is 0 Å². The van der Waals surface area contributed by atoms with Gasteiger partial charge in [-0.1, -0.05) is 12.1 Å². The molecule has 0 atom stereocenters. The molecule has 7 heteroatoms. The van der Waals surface area contributed by atoms with Crippen molar-refractivity contribution in [2.45, 2.75) is 26.6 Å². The lowest BCUT2D eigenvalue weighted by Gasteiger charge is -2.18. The van der Waals surface area contributed by atoms with E-state index in [1.807, 2.05) is 59.9 Å². The highest BCUT2D eigenvalue weighted by Gasteiger charge is 2.16. The molecule has 0 saturated carbocycles. The number of rotatable bonds is 6. The molecule has 1 amide bonds. The minimum Gasteiger partial charge on any atom is -0.336 e. The van der Waals surface area contributed by atoms with E-state index < -0.39 is 0 Å². The third-order valence-electron chi connectivity index (χ3n) is 4.01. The molecule has 6 nitrogen and oxygen atoms in total. The van der Waals surface area contributed by atoms with Gasteiger partial charge in [-0.2, -0.15) is 10.2 Å². The average molecular weight is 402 g/mol. The molecule has 0 saturated heterocycles. The maximum atomic E-state index is 12.8. The molecule has 2 heterocycles. The summed E-state index contributed by atoms with van der Waals surface area (Å²) in [6.07, 6.45) is 5.42. The average Bonchev–Trinajstić information content (AvgIpc) is 3.25. The Labute approximate surface area is 155 Å². The van der Waals surface area contributed by atoms with Crippen LogP contribution in [0.1, 0.15) is 28.5 Å². The number of benzene rings is 1. The minimum atomic E-state index is -0.0157. The van der Waals surface area contributed by atoms with Crippen molar-refractivity contribution in [2.75, 3.05) is 7.05 Å². The second-order valence-corrected chi connectivity index (χ2v) is 6.67. The lowest BCUT2D eigenvalue weighted by atomic mass is 10.1. The third kappa shape index (κ3) is 3.99. The summed E-state index contributed by atoms with van der Waals surface area (Å²) in [6, 6.07) is 9.56. The predicted octanol–water partition coefficient (Wildman–Crippen LogP) is 3.18. The van der Waals surface area contributed by atoms with Gasteiger partial charge >= 0.3 is 0 Å². The van der Waals surface area contributed by atoms with Crippen LogP contribution < -0.4 is 0 Å². The van der Waals surface area contributed by atoms with Gasteiger partial charge in [0.15, 0.2) is 0 Å². The Kier molecular flexibility index (Phi) is 5.33. The fourth-order valence-electron chi connectivity index (χ4n) is 2.72. The standard InChI is InChI=1S/C18H20BrN5O/c1-3-24-17(16(19)11-21-24)13-22(2)18(25)15-7-4-6-14(10-15)12-23-9-5-8-20-23/h4-11H,3,12-13H2,1-2H3. The van der Waals surface area contributed by atoms with Crippen LogP contribution >= 0.6 is 15.9 Å². The van der Waals surface area contributed by atoms with Crippen molar-refractivity contribution in [3.05, 3.63) is 70.2 Å². The van der Waals surface area contributed by atoms with Crippen LogP contribution in [0, 0.1) is 0 Å². The first-order chi connectivity index (χ1) is 12.1. The maximum Gasteiger partial charge on any atom is 0.253 e. The summed E-state index contributed by atoms with van der Waals surface area (Å²) in [6.45, 7) is 3.94. The number of halogens is 1. The molecule has 2 aromatic heterocycles. The summed E-state index contributed by atoms with van der Waals surface area (Å²) < 4.78 is 4.65. The van der Waals surface area contributed by atoms with E-state index in [4.69, 9.17) is 0 Å². The number of aromatic nitrogens is 4. The highest BCUT2D eigenvalue weighted by atomic mass is 79.9. The topological polar surface area (TPSA) is 56.0 Å². The zero-order valence-electron chi connectivity index (χ0n) is 14.3. The van der Waals surface area contributed by atoms with Crippen LogP contribution in [0.3, 0.4) is 0 Å². The number of hydrogen-bond acceptors (Lipinski definition) is 3. The molecule has 3 rings (SSSR count). The van der Waals surface area contributed by atoms with E-state index in [-0.39, 0.29) is 5.91 Å². The third-order valence-corrected chi connectivity index (χ3v) is 4.67. The summed E-state index contributed by atoms with van der Waals surface area (Å²) in [4.78, 5) is 14.5. The Hall–Kier alpha value is -2.41. The molecule has 1 aromatic carbocycles. The van der Waals surface area contributed by atoms with Crippen LogP contribution in [-0.2, 0) is 19.6 Å². The van der Waals surface area contributed by atoms with Gasteiger partial charge in [-0.3, -0.25) is 14.2 Å². The molecule has 0 aliphatic heterocycles. The summed E-state index contributed by atoms with van der Waals surface area (Å²) in [7, 11) is 1.81. The largest absolute Gasteiger partial charge is 0.336 e. The van der Waals surface area contributed by atoms with Crippen molar-refractivity contribution >= 4 is 21.8 Å². The van der Waals surface area contributed by atoms with Crippen molar-refractivity contribution in [3.8, 4) is 0 Å². The van der Waals surface area contributed by atoms with E-state index in [2.05, 4.69) is 26.1 Å². The molecule has 0 N–H and O–H groups in total. The SMILES string of the molecule is CCn1ncc(Br)c1CN(C)C(=O)c1cccc(Cn2cccn2)c1. The fourth-order valence-corrected chi connectivity index (χ4v) is 3.14. The van der Waals surface area contributed by atoms with Gasteiger partial charge in [0.1, 0.15) is 0 Å². The van der Waals surface area contributed by atoms with E-state index >= 15 is 0 Å². The molecule has 0 aliphatic rings. The van der Waals surface area contributed by atoms with Gasteiger partial charge in [-0.15, -0.1) is 0 Å². The second kappa shape index (κ2) is 7.65. The summed E-state index contributed by atoms with van der Waals surface area (Å²) >= 11 is 3.51. The molecule has 0 radical (unpaired) electrons. The Bertz CT molecular complexity index is 856. The van der Waals surface area contributed by atoms with Gasteiger partial charge in [-0.05, 0) is 46.6 Å². The number of nitrogens with zero attached hydrogens (tertiary/aromatic N) is 5. The Morgan fingerprint density at radius 1 is 1.28 bits per heavy atom. The lowest BCUT2D eigenvalue weighted by molar-refractivity contribution is 0.0781. The van der Waals surface area contributed by atoms with Crippen molar-refractivity contribution in [2.24, 2.45) is 0 Å². The van der Waals surface area contributed by atoms with Crippen molar-refractivity contribution < 1.29 is 4.79 Å². The highest BCUT2D eigenvalue weighted by molar-refractivity contribution is 9.10. The van der Waals surface area contributed by atoms with Crippen LogP contribution in [0.4, 0.5) is 0 Å². The van der Waals surface area contributed by atoms with Crippen LogP contribution in [0.15, 0.2) is 53.4 Å². The molecule has 0 fully saturated rings. The minimum absolute atomic E-state index is 0.0157. The molecule has 0 unspecified atom stereocenters. The van der Waals surface area contributed by atoms with Crippen molar-refractivity contribution in [3.63, 3.8) is 0 Å². The van der Waals surface area contributed by atoms with Crippen LogP contribution in [0.25, 0.3) is 0 Å². The van der Waals surface area contributed by atoms with Crippen LogP contribution in [0.5, 0.6) is 0 Å². The zero-order chi connectivity index (χ0) is 17.8. The Morgan fingerprint density at radius 2 is 2.12 bits per heavy atom. The number of carbonyl (C=O) groups excluding carboxylic acids is 1. The summed E-state index contributed by atoms with van der Waals surface area (Å²) in [5.74, 6) is -0.0157. The van der Waals surface area contributed by atoms with Crippen LogP contribution in [-0.4, -0.2) is 37.4 Å². The molecular weight excluding hydrogens is 382 g/mol. The molecular formula is C18H20BrN5O. The van der Waals surface area contributed by atoms with E-state index in [1.165, 1.54) is 0 Å². The number of hydrogen-bond donors (Lipinski definition) is 0. The van der Waals surface area contributed by atoms with Gasteiger partial charge in [0.25, 0.3) is 5.91 Å². The van der Waals surface area contributed by atoms with E-state index in [0.717, 1.165) is 22.3 Å². The second-order valence-electron chi connectivity index (χ2n) is 5.82. The normalized spacial score (nSPS) is 10.8. The molecule has 0 aliphatic carbocycles. The first kappa shape index (κ1) is 17.4. The van der Waals surface area contributed by atoms with Crippen molar-refractivity contribution in [1.29, 1.82) is 0 Å². The Morgan fingerprint density at radius 3 is 2.84 bits per heavy atom. The lowest BCUT2D eigenvalue weighted by Crippen LogP contribution is -2.27. The molecule has 130 valence electrons. The smallest absolute Gasteiger partial charge is 0.253 e. The molecule has 25 heavy (non-hydrogen) atoms. The van der Waals surface area contributed by atoms with Gasteiger partial charge in [0.05, 0.1) is 29.5 Å². The predicted molar refractivity (Wildman–Crippen MR) is 99.2 cm³/mol. The number of carbonyl (C=O) groups is 1. The first-order valence-corrected chi connectivity index (χ1v) is 8.89. The van der Waals surface area contributed by atoms with Gasteiger partial charge in [0.2, 0.25) is 0 Å². The maximum absolute atomic E-state index is 12.8. The number of amides is 1. The quantitative estimate of drug-likeness (QED) is 0.637. The van der Waals surface area contributed by atoms with E-state index in [9.17, 15) is 4.79 Å².